The molecule has 7 heteroatoms. The molecule has 0 radical (unpaired) electrons. The summed E-state index contributed by atoms with van der Waals surface area (Å²) in [6.07, 6.45) is 3.08. The number of piperidine rings is 1. The molecule has 0 unspecified atom stereocenters. The van der Waals surface area contributed by atoms with E-state index in [1.54, 1.807) is 11.3 Å². The highest BCUT2D eigenvalue weighted by Crippen LogP contribution is 2.27. The molecule has 0 bridgehead atoms. The predicted molar refractivity (Wildman–Crippen MR) is 85.2 cm³/mol. The molecule has 1 amide bonds. The van der Waals surface area contributed by atoms with Gasteiger partial charge in [-0.3, -0.25) is 4.79 Å². The van der Waals surface area contributed by atoms with Crippen LogP contribution in [0.3, 0.4) is 0 Å². The van der Waals surface area contributed by atoms with Gasteiger partial charge >= 0.3 is 0 Å². The van der Waals surface area contributed by atoms with Crippen LogP contribution in [-0.2, 0) is 11.2 Å². The summed E-state index contributed by atoms with van der Waals surface area (Å²) >= 11 is 7.45. The minimum absolute atomic E-state index is 0.213. The van der Waals surface area contributed by atoms with Crippen LogP contribution in [0.5, 0.6) is 0 Å². The lowest BCUT2D eigenvalue weighted by Gasteiger charge is -2.30. The van der Waals surface area contributed by atoms with Gasteiger partial charge in [0.05, 0.1) is 4.34 Å². The molecular formula is C15H18ClN3O2S. The number of aryl methyl sites for hydroxylation is 2. The Labute approximate surface area is 138 Å². The molecule has 0 aromatic carbocycles. The van der Waals surface area contributed by atoms with E-state index >= 15 is 0 Å². The maximum absolute atomic E-state index is 12.3. The standard InChI is InChI=1S/C15H18ClN3O2S/c1-10-17-15(21-18-10)11-6-8-19(9-7-11)14(20)5-3-12-2-4-13(16)22-12/h2,4,11H,3,5-9H2,1H3. The fourth-order valence-corrected chi connectivity index (χ4v) is 3.82. The second-order valence-electron chi connectivity index (χ2n) is 5.54. The lowest BCUT2D eigenvalue weighted by atomic mass is 9.96. The van der Waals surface area contributed by atoms with Crippen LogP contribution < -0.4 is 0 Å². The van der Waals surface area contributed by atoms with Gasteiger partial charge in [-0.05, 0) is 38.3 Å². The predicted octanol–water partition coefficient (Wildman–Crippen LogP) is 3.43. The third kappa shape index (κ3) is 3.67. The average molecular weight is 340 g/mol. The van der Waals surface area contributed by atoms with E-state index in [1.165, 1.54) is 0 Å². The van der Waals surface area contributed by atoms with Crippen molar-refractivity contribution in [1.29, 1.82) is 0 Å². The summed E-state index contributed by atoms with van der Waals surface area (Å²) in [6.45, 7) is 3.34. The zero-order chi connectivity index (χ0) is 15.5. The largest absolute Gasteiger partial charge is 0.343 e. The van der Waals surface area contributed by atoms with Crippen LogP contribution in [0, 0.1) is 6.92 Å². The molecule has 0 N–H and O–H groups in total. The Morgan fingerprint density at radius 1 is 1.45 bits per heavy atom. The van der Waals surface area contributed by atoms with Crippen LogP contribution in [0.15, 0.2) is 16.7 Å². The quantitative estimate of drug-likeness (QED) is 0.856. The number of aromatic nitrogens is 2. The SMILES string of the molecule is Cc1noc(C2CCN(C(=O)CCc3ccc(Cl)s3)CC2)n1. The van der Waals surface area contributed by atoms with Gasteiger partial charge in [0.1, 0.15) is 0 Å². The highest BCUT2D eigenvalue weighted by atomic mass is 35.5. The second-order valence-corrected chi connectivity index (χ2v) is 7.34. The molecule has 1 saturated heterocycles. The molecule has 2 aromatic heterocycles. The molecule has 3 rings (SSSR count). The first-order valence-corrected chi connectivity index (χ1v) is 8.63. The molecule has 22 heavy (non-hydrogen) atoms. The van der Waals surface area contributed by atoms with E-state index in [0.29, 0.717) is 18.1 Å². The van der Waals surface area contributed by atoms with Crippen molar-refractivity contribution in [3.05, 3.63) is 33.1 Å². The minimum atomic E-state index is 0.213. The van der Waals surface area contributed by atoms with Crippen LogP contribution in [0.1, 0.15) is 41.8 Å². The fraction of sp³-hybridized carbons (Fsp3) is 0.533. The van der Waals surface area contributed by atoms with Crippen LogP contribution in [0.25, 0.3) is 0 Å². The number of rotatable bonds is 4. The van der Waals surface area contributed by atoms with E-state index in [-0.39, 0.29) is 11.8 Å². The van der Waals surface area contributed by atoms with Crippen molar-refractivity contribution in [2.45, 2.75) is 38.5 Å². The monoisotopic (exact) mass is 339 g/mol. The third-order valence-electron chi connectivity index (χ3n) is 3.95. The lowest BCUT2D eigenvalue weighted by Crippen LogP contribution is -2.38. The summed E-state index contributed by atoms with van der Waals surface area (Å²) < 4.78 is 6.01. The Hall–Kier alpha value is -1.40. The number of halogens is 1. The van der Waals surface area contributed by atoms with Crippen molar-refractivity contribution in [2.24, 2.45) is 0 Å². The van der Waals surface area contributed by atoms with Gasteiger partial charge in [-0.1, -0.05) is 16.8 Å². The highest BCUT2D eigenvalue weighted by Gasteiger charge is 2.26. The number of likely N-dealkylation sites (tertiary alicyclic amines) is 1. The van der Waals surface area contributed by atoms with Crippen molar-refractivity contribution in [2.75, 3.05) is 13.1 Å². The molecule has 1 fully saturated rings. The third-order valence-corrected chi connectivity index (χ3v) is 5.25. The first kappa shape index (κ1) is 15.5. The molecule has 0 saturated carbocycles. The van der Waals surface area contributed by atoms with Crippen molar-refractivity contribution < 1.29 is 9.32 Å². The fourth-order valence-electron chi connectivity index (χ4n) is 2.73. The van der Waals surface area contributed by atoms with Crippen molar-refractivity contribution in [1.82, 2.24) is 15.0 Å². The van der Waals surface area contributed by atoms with E-state index in [0.717, 1.165) is 41.6 Å². The number of thiophene rings is 1. The number of nitrogens with zero attached hydrogens (tertiary/aromatic N) is 3. The van der Waals surface area contributed by atoms with E-state index in [9.17, 15) is 4.79 Å². The Morgan fingerprint density at radius 3 is 2.82 bits per heavy atom. The number of carbonyl (C=O) groups is 1. The Balaban J connectivity index is 1.47. The molecule has 0 spiro atoms. The van der Waals surface area contributed by atoms with Gasteiger partial charge in [0.2, 0.25) is 11.8 Å². The number of hydrogen-bond acceptors (Lipinski definition) is 5. The summed E-state index contributed by atoms with van der Waals surface area (Å²) in [5.41, 5.74) is 0. The Morgan fingerprint density at radius 2 is 2.23 bits per heavy atom. The topological polar surface area (TPSA) is 59.2 Å². The van der Waals surface area contributed by atoms with Gasteiger partial charge in [-0.15, -0.1) is 11.3 Å². The van der Waals surface area contributed by atoms with Gasteiger partial charge in [-0.2, -0.15) is 4.98 Å². The summed E-state index contributed by atoms with van der Waals surface area (Å²) in [6, 6.07) is 3.87. The number of carbonyl (C=O) groups excluding carboxylic acids is 1. The molecule has 0 aliphatic carbocycles. The lowest BCUT2D eigenvalue weighted by molar-refractivity contribution is -0.132. The van der Waals surface area contributed by atoms with Gasteiger partial charge in [0.15, 0.2) is 5.82 Å². The van der Waals surface area contributed by atoms with Crippen molar-refractivity contribution >= 4 is 28.8 Å². The molecular weight excluding hydrogens is 322 g/mol. The molecule has 1 aliphatic heterocycles. The minimum Gasteiger partial charge on any atom is -0.343 e. The summed E-state index contributed by atoms with van der Waals surface area (Å²) in [7, 11) is 0. The van der Waals surface area contributed by atoms with Crippen LogP contribution in [0.2, 0.25) is 4.34 Å². The first-order valence-electron chi connectivity index (χ1n) is 7.44. The number of hydrogen-bond donors (Lipinski definition) is 0. The van der Waals surface area contributed by atoms with E-state index in [1.807, 2.05) is 24.0 Å². The highest BCUT2D eigenvalue weighted by molar-refractivity contribution is 7.16. The summed E-state index contributed by atoms with van der Waals surface area (Å²) in [4.78, 5) is 19.7. The zero-order valence-corrected chi connectivity index (χ0v) is 14.0. The normalized spacial score (nSPS) is 16.2. The molecule has 2 aromatic rings. The molecule has 118 valence electrons. The second kappa shape index (κ2) is 6.79. The maximum Gasteiger partial charge on any atom is 0.229 e. The van der Waals surface area contributed by atoms with E-state index in [4.69, 9.17) is 16.1 Å². The van der Waals surface area contributed by atoms with Crippen LogP contribution in [0.4, 0.5) is 0 Å². The van der Waals surface area contributed by atoms with Gasteiger partial charge in [-0.25, -0.2) is 0 Å². The average Bonchev–Trinajstić information content (AvgIpc) is 3.13. The zero-order valence-electron chi connectivity index (χ0n) is 12.4. The van der Waals surface area contributed by atoms with E-state index < -0.39 is 0 Å². The molecule has 3 heterocycles. The molecule has 5 nitrogen and oxygen atoms in total. The smallest absolute Gasteiger partial charge is 0.229 e. The summed E-state index contributed by atoms with van der Waals surface area (Å²) in [5.74, 6) is 1.87. The molecule has 1 aliphatic rings. The van der Waals surface area contributed by atoms with Crippen molar-refractivity contribution in [3.63, 3.8) is 0 Å². The number of amides is 1. The Bertz CT molecular complexity index is 647. The first-order chi connectivity index (χ1) is 10.6. The van der Waals surface area contributed by atoms with Gasteiger partial charge in [0, 0.05) is 30.3 Å². The van der Waals surface area contributed by atoms with Crippen LogP contribution in [-0.4, -0.2) is 34.0 Å². The van der Waals surface area contributed by atoms with Gasteiger partial charge in [0.25, 0.3) is 0 Å². The maximum atomic E-state index is 12.3. The molecule has 0 atom stereocenters. The van der Waals surface area contributed by atoms with Crippen LogP contribution >= 0.6 is 22.9 Å². The van der Waals surface area contributed by atoms with Crippen molar-refractivity contribution in [3.8, 4) is 0 Å². The Kier molecular flexibility index (Phi) is 4.78. The summed E-state index contributed by atoms with van der Waals surface area (Å²) in [5, 5.41) is 3.83. The van der Waals surface area contributed by atoms with E-state index in [2.05, 4.69) is 10.1 Å². The van der Waals surface area contributed by atoms with Gasteiger partial charge < -0.3 is 9.42 Å².